The Kier molecular flexibility index (Phi) is 3.92. The van der Waals surface area contributed by atoms with Crippen LogP contribution in [0.25, 0.3) is 0 Å². The van der Waals surface area contributed by atoms with Gasteiger partial charge in [-0.1, -0.05) is 43.7 Å². The first-order valence-corrected chi connectivity index (χ1v) is 7.49. The molecule has 2 aromatic carbocycles. The van der Waals surface area contributed by atoms with Crippen molar-refractivity contribution in [3.63, 3.8) is 0 Å². The average molecular weight is 294 g/mol. The predicted octanol–water partition coefficient (Wildman–Crippen LogP) is 3.61. The van der Waals surface area contributed by atoms with Crippen molar-refractivity contribution in [2.24, 2.45) is 0 Å². The van der Waals surface area contributed by atoms with Gasteiger partial charge < -0.3 is 0 Å². The van der Waals surface area contributed by atoms with Gasteiger partial charge in [0.1, 0.15) is 6.54 Å². The van der Waals surface area contributed by atoms with Crippen molar-refractivity contribution in [2.45, 2.75) is 19.8 Å². The molecular weight excluding hydrogens is 276 g/mol. The van der Waals surface area contributed by atoms with Gasteiger partial charge in [-0.2, -0.15) is 0 Å². The van der Waals surface area contributed by atoms with Gasteiger partial charge >= 0.3 is 6.03 Å². The summed E-state index contributed by atoms with van der Waals surface area (Å²) >= 11 is 0. The monoisotopic (exact) mass is 294 g/mol. The molecule has 2 aromatic rings. The van der Waals surface area contributed by atoms with Crippen LogP contribution in [-0.4, -0.2) is 18.5 Å². The van der Waals surface area contributed by atoms with Gasteiger partial charge in [0.25, 0.3) is 5.91 Å². The smallest absolute Gasteiger partial charge is 0.284 e. The number of carbonyl (C=O) groups excluding carboxylic acids is 2. The third-order valence-electron chi connectivity index (χ3n) is 3.77. The molecule has 0 aliphatic carbocycles. The van der Waals surface area contributed by atoms with Crippen molar-refractivity contribution in [1.82, 2.24) is 0 Å². The third-order valence-corrected chi connectivity index (χ3v) is 3.77. The second kappa shape index (κ2) is 6.02. The van der Waals surface area contributed by atoms with E-state index in [4.69, 9.17) is 0 Å². The second-order valence-electron chi connectivity index (χ2n) is 5.35. The Morgan fingerprint density at radius 2 is 1.59 bits per heavy atom. The van der Waals surface area contributed by atoms with Gasteiger partial charge in [0.15, 0.2) is 0 Å². The zero-order valence-corrected chi connectivity index (χ0v) is 12.5. The SMILES string of the molecule is CCCc1ccc(N2C(=O)CN(c3ccccc3)C2=O)cc1. The number of imide groups is 1. The van der Waals surface area contributed by atoms with Crippen molar-refractivity contribution in [3.8, 4) is 0 Å². The Morgan fingerprint density at radius 3 is 2.23 bits per heavy atom. The van der Waals surface area contributed by atoms with Crippen LogP contribution in [0, 0.1) is 0 Å². The highest BCUT2D eigenvalue weighted by Gasteiger charge is 2.37. The molecule has 0 N–H and O–H groups in total. The Hall–Kier alpha value is -2.62. The molecule has 4 heteroatoms. The van der Waals surface area contributed by atoms with Crippen molar-refractivity contribution in [3.05, 3.63) is 60.2 Å². The normalized spacial score (nSPS) is 14.8. The highest BCUT2D eigenvalue weighted by atomic mass is 16.2. The molecule has 0 unspecified atom stereocenters. The lowest BCUT2D eigenvalue weighted by Gasteiger charge is -2.17. The van der Waals surface area contributed by atoms with E-state index in [0.717, 1.165) is 18.5 Å². The van der Waals surface area contributed by atoms with E-state index in [0.29, 0.717) is 5.69 Å². The maximum atomic E-state index is 12.6. The molecule has 0 atom stereocenters. The van der Waals surface area contributed by atoms with Gasteiger partial charge in [0.2, 0.25) is 0 Å². The number of hydrogen-bond acceptors (Lipinski definition) is 2. The first-order valence-electron chi connectivity index (χ1n) is 7.49. The highest BCUT2D eigenvalue weighted by Crippen LogP contribution is 2.26. The first-order chi connectivity index (χ1) is 10.7. The molecule has 1 heterocycles. The molecule has 3 amide bonds. The zero-order valence-electron chi connectivity index (χ0n) is 12.5. The van der Waals surface area contributed by atoms with Crippen LogP contribution in [0.2, 0.25) is 0 Å². The summed E-state index contributed by atoms with van der Waals surface area (Å²) in [7, 11) is 0. The van der Waals surface area contributed by atoms with Crippen LogP contribution in [0.5, 0.6) is 0 Å². The predicted molar refractivity (Wildman–Crippen MR) is 87.1 cm³/mol. The van der Waals surface area contributed by atoms with Gasteiger partial charge in [0, 0.05) is 5.69 Å². The molecule has 1 fully saturated rings. The fourth-order valence-electron chi connectivity index (χ4n) is 2.67. The number of benzene rings is 2. The number of rotatable bonds is 4. The van der Waals surface area contributed by atoms with Crippen LogP contribution in [0.15, 0.2) is 54.6 Å². The van der Waals surface area contributed by atoms with Gasteiger partial charge in [0.05, 0.1) is 5.69 Å². The number of amides is 3. The van der Waals surface area contributed by atoms with E-state index in [2.05, 4.69) is 6.92 Å². The quantitative estimate of drug-likeness (QED) is 0.808. The summed E-state index contributed by atoms with van der Waals surface area (Å²) in [6.07, 6.45) is 2.07. The van der Waals surface area contributed by atoms with Crippen LogP contribution in [0.1, 0.15) is 18.9 Å². The van der Waals surface area contributed by atoms with Crippen molar-refractivity contribution in [2.75, 3.05) is 16.3 Å². The van der Waals surface area contributed by atoms with Crippen molar-refractivity contribution < 1.29 is 9.59 Å². The fourth-order valence-corrected chi connectivity index (χ4v) is 2.67. The lowest BCUT2D eigenvalue weighted by molar-refractivity contribution is -0.115. The number of carbonyl (C=O) groups is 2. The van der Waals surface area contributed by atoms with Crippen LogP contribution in [-0.2, 0) is 11.2 Å². The van der Waals surface area contributed by atoms with Crippen LogP contribution < -0.4 is 9.80 Å². The lowest BCUT2D eigenvalue weighted by atomic mass is 10.1. The van der Waals surface area contributed by atoms with E-state index >= 15 is 0 Å². The topological polar surface area (TPSA) is 40.6 Å². The van der Waals surface area contributed by atoms with Crippen LogP contribution in [0.3, 0.4) is 0 Å². The van der Waals surface area contributed by atoms with E-state index in [1.165, 1.54) is 15.4 Å². The number of anilines is 2. The van der Waals surface area contributed by atoms with Gasteiger partial charge in [-0.05, 0) is 36.2 Å². The molecule has 22 heavy (non-hydrogen) atoms. The summed E-state index contributed by atoms with van der Waals surface area (Å²) in [6.45, 7) is 2.21. The zero-order chi connectivity index (χ0) is 15.5. The molecular formula is C18H18N2O2. The standard InChI is InChI=1S/C18H18N2O2/c1-2-6-14-9-11-16(12-10-14)20-17(21)13-19(18(20)22)15-7-4-3-5-8-15/h3-5,7-12H,2,6,13H2,1H3. The fraction of sp³-hybridized carbons (Fsp3) is 0.222. The summed E-state index contributed by atoms with van der Waals surface area (Å²) in [5, 5.41) is 0. The minimum Gasteiger partial charge on any atom is -0.284 e. The lowest BCUT2D eigenvalue weighted by Crippen LogP contribution is -2.32. The van der Waals surface area contributed by atoms with E-state index in [-0.39, 0.29) is 18.5 Å². The van der Waals surface area contributed by atoms with E-state index in [9.17, 15) is 9.59 Å². The highest BCUT2D eigenvalue weighted by molar-refractivity contribution is 6.26. The Morgan fingerprint density at radius 1 is 0.909 bits per heavy atom. The maximum absolute atomic E-state index is 12.6. The number of nitrogens with zero attached hydrogens (tertiary/aromatic N) is 2. The Labute approximate surface area is 130 Å². The largest absolute Gasteiger partial charge is 0.336 e. The Bertz CT molecular complexity index is 680. The molecule has 0 bridgehead atoms. The summed E-state index contributed by atoms with van der Waals surface area (Å²) in [5.41, 5.74) is 2.59. The van der Waals surface area contributed by atoms with Crippen LogP contribution in [0.4, 0.5) is 16.2 Å². The minimum atomic E-state index is -0.292. The molecule has 0 saturated carbocycles. The number of para-hydroxylation sites is 1. The summed E-state index contributed by atoms with van der Waals surface area (Å²) < 4.78 is 0. The molecule has 112 valence electrons. The molecule has 1 aliphatic rings. The van der Waals surface area contributed by atoms with E-state index in [1.54, 1.807) is 0 Å². The van der Waals surface area contributed by atoms with Crippen LogP contribution >= 0.6 is 0 Å². The van der Waals surface area contributed by atoms with Gasteiger partial charge in [-0.3, -0.25) is 9.69 Å². The summed E-state index contributed by atoms with van der Waals surface area (Å²) in [5.74, 6) is -0.197. The molecule has 0 aromatic heterocycles. The molecule has 0 spiro atoms. The van der Waals surface area contributed by atoms with Crippen molar-refractivity contribution >= 4 is 23.3 Å². The van der Waals surface area contributed by atoms with Gasteiger partial charge in [-0.25, -0.2) is 9.69 Å². The number of aryl methyl sites for hydroxylation is 1. The summed E-state index contributed by atoms with van der Waals surface area (Å²) in [4.78, 5) is 27.6. The third kappa shape index (κ3) is 2.60. The second-order valence-corrected chi connectivity index (χ2v) is 5.35. The summed E-state index contributed by atoms with van der Waals surface area (Å²) in [6, 6.07) is 16.6. The molecule has 1 saturated heterocycles. The minimum absolute atomic E-state index is 0.0829. The molecule has 1 aliphatic heterocycles. The maximum Gasteiger partial charge on any atom is 0.336 e. The molecule has 3 rings (SSSR count). The average Bonchev–Trinajstić information content (AvgIpc) is 2.84. The van der Waals surface area contributed by atoms with E-state index < -0.39 is 0 Å². The molecule has 4 nitrogen and oxygen atoms in total. The number of hydrogen-bond donors (Lipinski definition) is 0. The van der Waals surface area contributed by atoms with Gasteiger partial charge in [-0.15, -0.1) is 0 Å². The molecule has 0 radical (unpaired) electrons. The van der Waals surface area contributed by atoms with Crippen molar-refractivity contribution in [1.29, 1.82) is 0 Å². The number of urea groups is 1. The first kappa shape index (κ1) is 14.3. The Balaban J connectivity index is 1.85. The van der Waals surface area contributed by atoms with E-state index in [1.807, 2.05) is 54.6 Å².